The SMILES string of the molecule is O=C(NCC1(C(=O)O)CC=CC1)c1cnn(-c2ccccc2)c1. The number of aromatic nitrogens is 2. The Hall–Kier alpha value is -2.89. The van der Waals surface area contributed by atoms with Crippen LogP contribution in [-0.4, -0.2) is 33.3 Å². The van der Waals surface area contributed by atoms with Gasteiger partial charge in [0.05, 0.1) is 22.9 Å². The molecule has 6 heteroatoms. The Bertz CT molecular complexity index is 741. The number of hydrogen-bond donors (Lipinski definition) is 2. The third-order valence-corrected chi connectivity index (χ3v) is 4.09. The third-order valence-electron chi connectivity index (χ3n) is 4.09. The lowest BCUT2D eigenvalue weighted by Crippen LogP contribution is -2.41. The number of nitrogens with one attached hydrogen (secondary N) is 1. The van der Waals surface area contributed by atoms with Crippen molar-refractivity contribution in [2.75, 3.05) is 6.54 Å². The van der Waals surface area contributed by atoms with Gasteiger partial charge in [-0.1, -0.05) is 30.4 Å². The highest BCUT2D eigenvalue weighted by Crippen LogP contribution is 2.32. The Labute approximate surface area is 133 Å². The van der Waals surface area contributed by atoms with Crippen LogP contribution in [0.25, 0.3) is 5.69 Å². The molecule has 2 aromatic rings. The van der Waals surface area contributed by atoms with Crippen molar-refractivity contribution in [3.05, 3.63) is 60.4 Å². The van der Waals surface area contributed by atoms with Crippen LogP contribution >= 0.6 is 0 Å². The van der Waals surface area contributed by atoms with E-state index >= 15 is 0 Å². The van der Waals surface area contributed by atoms with Gasteiger partial charge in [0.1, 0.15) is 0 Å². The molecule has 0 atom stereocenters. The Morgan fingerprint density at radius 3 is 2.57 bits per heavy atom. The predicted molar refractivity (Wildman–Crippen MR) is 84.3 cm³/mol. The van der Waals surface area contributed by atoms with Crippen LogP contribution in [0.15, 0.2) is 54.9 Å². The monoisotopic (exact) mass is 311 g/mol. The summed E-state index contributed by atoms with van der Waals surface area (Å²) in [5, 5.41) is 16.3. The van der Waals surface area contributed by atoms with Crippen LogP contribution < -0.4 is 5.32 Å². The molecule has 0 fully saturated rings. The van der Waals surface area contributed by atoms with Gasteiger partial charge in [-0.3, -0.25) is 9.59 Å². The molecule has 1 aliphatic carbocycles. The van der Waals surface area contributed by atoms with E-state index < -0.39 is 11.4 Å². The van der Waals surface area contributed by atoms with Crippen molar-refractivity contribution < 1.29 is 14.7 Å². The number of carboxylic acids is 1. The average Bonchev–Trinajstić information content (AvgIpc) is 3.24. The second kappa shape index (κ2) is 6.08. The molecule has 0 saturated carbocycles. The number of rotatable bonds is 5. The van der Waals surface area contributed by atoms with Crippen molar-refractivity contribution in [2.45, 2.75) is 12.8 Å². The molecule has 0 radical (unpaired) electrons. The van der Waals surface area contributed by atoms with E-state index in [2.05, 4.69) is 10.4 Å². The molecule has 0 saturated heterocycles. The number of benzene rings is 1. The first-order valence-electron chi connectivity index (χ1n) is 7.37. The fourth-order valence-electron chi connectivity index (χ4n) is 2.61. The van der Waals surface area contributed by atoms with Crippen molar-refractivity contribution in [2.24, 2.45) is 5.41 Å². The maximum absolute atomic E-state index is 12.2. The highest BCUT2D eigenvalue weighted by molar-refractivity contribution is 5.94. The molecule has 3 rings (SSSR count). The number of hydrogen-bond acceptors (Lipinski definition) is 3. The lowest BCUT2D eigenvalue weighted by molar-refractivity contribution is -0.147. The van der Waals surface area contributed by atoms with E-state index in [1.165, 1.54) is 6.20 Å². The molecule has 23 heavy (non-hydrogen) atoms. The van der Waals surface area contributed by atoms with Crippen molar-refractivity contribution in [1.82, 2.24) is 15.1 Å². The zero-order valence-electron chi connectivity index (χ0n) is 12.5. The van der Waals surface area contributed by atoms with Gasteiger partial charge in [0.25, 0.3) is 5.91 Å². The first-order chi connectivity index (χ1) is 11.1. The lowest BCUT2D eigenvalue weighted by Gasteiger charge is -2.23. The molecular weight excluding hydrogens is 294 g/mol. The van der Waals surface area contributed by atoms with E-state index in [0.717, 1.165) is 5.69 Å². The second-order valence-corrected chi connectivity index (χ2v) is 5.66. The Kier molecular flexibility index (Phi) is 3.97. The van der Waals surface area contributed by atoms with Gasteiger partial charge < -0.3 is 10.4 Å². The molecule has 0 unspecified atom stereocenters. The van der Waals surface area contributed by atoms with Gasteiger partial charge in [-0.15, -0.1) is 0 Å². The highest BCUT2D eigenvalue weighted by atomic mass is 16.4. The summed E-state index contributed by atoms with van der Waals surface area (Å²) in [4.78, 5) is 23.7. The van der Waals surface area contributed by atoms with Crippen LogP contribution in [0.5, 0.6) is 0 Å². The Morgan fingerprint density at radius 1 is 1.22 bits per heavy atom. The zero-order valence-corrected chi connectivity index (χ0v) is 12.5. The number of carbonyl (C=O) groups is 2. The molecule has 1 amide bonds. The second-order valence-electron chi connectivity index (χ2n) is 5.66. The molecule has 6 nitrogen and oxygen atoms in total. The number of aliphatic carboxylic acids is 1. The molecule has 1 aromatic carbocycles. The summed E-state index contributed by atoms with van der Waals surface area (Å²) in [7, 11) is 0. The summed E-state index contributed by atoms with van der Waals surface area (Å²) in [5.41, 5.74) is 0.333. The Balaban J connectivity index is 1.67. The van der Waals surface area contributed by atoms with Gasteiger partial charge in [0, 0.05) is 12.7 Å². The zero-order chi connectivity index (χ0) is 16.3. The van der Waals surface area contributed by atoms with Crippen LogP contribution in [-0.2, 0) is 4.79 Å². The van der Waals surface area contributed by atoms with Gasteiger partial charge in [-0.2, -0.15) is 5.10 Å². The molecule has 0 aliphatic heterocycles. The van der Waals surface area contributed by atoms with E-state index in [4.69, 9.17) is 0 Å². The maximum atomic E-state index is 12.2. The molecule has 2 N–H and O–H groups in total. The summed E-state index contributed by atoms with van der Waals surface area (Å²) in [6, 6.07) is 9.46. The highest BCUT2D eigenvalue weighted by Gasteiger charge is 2.39. The van der Waals surface area contributed by atoms with Gasteiger partial charge >= 0.3 is 5.97 Å². The number of carboxylic acid groups (broad SMARTS) is 1. The minimum Gasteiger partial charge on any atom is -0.481 e. The maximum Gasteiger partial charge on any atom is 0.312 e. The van der Waals surface area contributed by atoms with Gasteiger partial charge in [-0.25, -0.2) is 4.68 Å². The summed E-state index contributed by atoms with van der Waals surface area (Å²) in [6.07, 6.45) is 7.66. The number of carbonyl (C=O) groups excluding carboxylic acids is 1. The fraction of sp³-hybridized carbons (Fsp3) is 0.235. The number of amides is 1. The molecule has 0 spiro atoms. The van der Waals surface area contributed by atoms with Gasteiger partial charge in [-0.05, 0) is 25.0 Å². The molecule has 1 heterocycles. The molecular formula is C17H17N3O3. The van der Waals surface area contributed by atoms with E-state index in [1.807, 2.05) is 42.5 Å². The summed E-state index contributed by atoms with van der Waals surface area (Å²) in [5.74, 6) is -1.21. The molecule has 0 bridgehead atoms. The summed E-state index contributed by atoms with van der Waals surface area (Å²) in [6.45, 7) is 0.102. The van der Waals surface area contributed by atoms with E-state index in [9.17, 15) is 14.7 Å². The molecule has 1 aliphatic rings. The first kappa shape index (κ1) is 15.0. The number of nitrogens with zero attached hydrogens (tertiary/aromatic N) is 2. The average molecular weight is 311 g/mol. The normalized spacial score (nSPS) is 15.5. The fourth-order valence-corrected chi connectivity index (χ4v) is 2.61. The quantitative estimate of drug-likeness (QED) is 0.827. The minimum atomic E-state index is -0.926. The topological polar surface area (TPSA) is 84.2 Å². The lowest BCUT2D eigenvalue weighted by atomic mass is 9.85. The largest absolute Gasteiger partial charge is 0.481 e. The van der Waals surface area contributed by atoms with Gasteiger partial charge in [0.15, 0.2) is 0 Å². The predicted octanol–water partition coefficient (Wildman–Crippen LogP) is 2.02. The van der Waals surface area contributed by atoms with Crippen molar-refractivity contribution in [1.29, 1.82) is 0 Å². The Morgan fingerprint density at radius 2 is 1.91 bits per heavy atom. The third kappa shape index (κ3) is 3.01. The van der Waals surface area contributed by atoms with E-state index in [1.54, 1.807) is 10.9 Å². The summed E-state index contributed by atoms with van der Waals surface area (Å²) >= 11 is 0. The standard InChI is InChI=1S/C17H17N3O3/c21-15(18-12-17(16(22)23)8-4-5-9-17)13-10-19-20(11-13)14-6-2-1-3-7-14/h1-7,10-11H,8-9,12H2,(H,18,21)(H,22,23). The van der Waals surface area contributed by atoms with Crippen LogP contribution in [0.4, 0.5) is 0 Å². The van der Waals surface area contributed by atoms with Crippen LogP contribution in [0, 0.1) is 5.41 Å². The van der Waals surface area contributed by atoms with Crippen LogP contribution in [0.3, 0.4) is 0 Å². The van der Waals surface area contributed by atoms with E-state index in [-0.39, 0.29) is 12.5 Å². The van der Waals surface area contributed by atoms with Crippen molar-refractivity contribution in [3.8, 4) is 5.69 Å². The van der Waals surface area contributed by atoms with Crippen molar-refractivity contribution in [3.63, 3.8) is 0 Å². The molecule has 118 valence electrons. The first-order valence-corrected chi connectivity index (χ1v) is 7.37. The number of para-hydroxylation sites is 1. The van der Waals surface area contributed by atoms with Crippen LogP contribution in [0.1, 0.15) is 23.2 Å². The smallest absolute Gasteiger partial charge is 0.312 e. The minimum absolute atomic E-state index is 0.102. The van der Waals surface area contributed by atoms with Crippen molar-refractivity contribution >= 4 is 11.9 Å². The number of allylic oxidation sites excluding steroid dienone is 2. The van der Waals surface area contributed by atoms with E-state index in [0.29, 0.717) is 18.4 Å². The van der Waals surface area contributed by atoms with Gasteiger partial charge in [0.2, 0.25) is 0 Å². The molecule has 1 aromatic heterocycles. The van der Waals surface area contributed by atoms with Crippen LogP contribution in [0.2, 0.25) is 0 Å². The summed E-state index contributed by atoms with van der Waals surface area (Å²) < 4.78 is 1.61.